The highest BCUT2D eigenvalue weighted by Crippen LogP contribution is 2.21. The molecule has 1 aromatic rings. The van der Waals surface area contributed by atoms with Crippen molar-refractivity contribution in [2.45, 2.75) is 6.04 Å². The third-order valence-electron chi connectivity index (χ3n) is 2.16. The van der Waals surface area contributed by atoms with Crippen molar-refractivity contribution in [3.05, 3.63) is 24.3 Å². The molecule has 0 saturated heterocycles. The fourth-order valence-electron chi connectivity index (χ4n) is 1.36. The summed E-state index contributed by atoms with van der Waals surface area (Å²) in [5.74, 6) is -0.454. The van der Waals surface area contributed by atoms with Crippen molar-refractivity contribution in [2.24, 2.45) is 5.73 Å². The van der Waals surface area contributed by atoms with E-state index in [1.54, 1.807) is 24.3 Å². The highest BCUT2D eigenvalue weighted by Gasteiger charge is 2.15. The summed E-state index contributed by atoms with van der Waals surface area (Å²) in [5, 5.41) is 2.55. The van der Waals surface area contributed by atoms with Gasteiger partial charge in [0.05, 0.1) is 24.2 Å². The summed E-state index contributed by atoms with van der Waals surface area (Å²) < 4.78 is 29.5. The molecule has 0 aliphatic heterocycles. The minimum atomic E-state index is -3.42. The first-order valence-electron chi connectivity index (χ1n) is 5.45. The summed E-state index contributed by atoms with van der Waals surface area (Å²) in [7, 11) is -1.99. The average Bonchev–Trinajstić information content (AvgIpc) is 2.30. The molecule has 0 heterocycles. The van der Waals surface area contributed by atoms with Crippen molar-refractivity contribution in [3.63, 3.8) is 0 Å². The van der Waals surface area contributed by atoms with Crippen LogP contribution < -0.4 is 15.8 Å². The van der Waals surface area contributed by atoms with E-state index in [0.29, 0.717) is 5.69 Å². The number of carbonyl (C=O) groups is 1. The number of rotatable bonds is 6. The van der Waals surface area contributed by atoms with Gasteiger partial charge in [-0.1, -0.05) is 12.1 Å². The summed E-state index contributed by atoms with van der Waals surface area (Å²) in [6, 6.07) is 5.61. The molecular weight excluding hydrogens is 270 g/mol. The molecule has 4 N–H and O–H groups in total. The Balaban J connectivity index is 2.86. The maximum absolute atomic E-state index is 11.7. The SMILES string of the molecule is COCC(N)C(=O)Nc1ccccc1NS(C)(=O)=O. The van der Waals surface area contributed by atoms with Crippen LogP contribution in [0, 0.1) is 0 Å². The number of para-hydroxylation sites is 2. The van der Waals surface area contributed by atoms with E-state index in [0.717, 1.165) is 6.26 Å². The summed E-state index contributed by atoms with van der Waals surface area (Å²) in [6.07, 6.45) is 1.03. The van der Waals surface area contributed by atoms with Crippen LogP contribution in [0.3, 0.4) is 0 Å². The predicted octanol–water partition coefficient (Wildman–Crippen LogP) is -0.0297. The molecule has 0 aliphatic rings. The number of amides is 1. The molecule has 0 fully saturated rings. The second-order valence-corrected chi connectivity index (χ2v) is 5.72. The van der Waals surface area contributed by atoms with E-state index in [1.165, 1.54) is 7.11 Å². The molecule has 7 nitrogen and oxygen atoms in total. The van der Waals surface area contributed by atoms with Gasteiger partial charge in [-0.15, -0.1) is 0 Å². The van der Waals surface area contributed by atoms with Crippen molar-refractivity contribution >= 4 is 27.3 Å². The first-order valence-corrected chi connectivity index (χ1v) is 7.35. The molecule has 8 heteroatoms. The number of benzene rings is 1. The van der Waals surface area contributed by atoms with Crippen LogP contribution in [0.2, 0.25) is 0 Å². The molecule has 19 heavy (non-hydrogen) atoms. The molecule has 1 aromatic carbocycles. The lowest BCUT2D eigenvalue weighted by molar-refractivity contribution is -0.118. The number of methoxy groups -OCH3 is 1. The van der Waals surface area contributed by atoms with Crippen molar-refractivity contribution in [1.82, 2.24) is 0 Å². The summed E-state index contributed by atoms with van der Waals surface area (Å²) in [6.45, 7) is 0.0769. The molecule has 1 unspecified atom stereocenters. The number of anilines is 2. The quantitative estimate of drug-likeness (QED) is 0.680. The van der Waals surface area contributed by atoms with Crippen LogP contribution in [0.15, 0.2) is 24.3 Å². The second kappa shape index (κ2) is 6.50. The van der Waals surface area contributed by atoms with Crippen LogP contribution in [-0.2, 0) is 19.6 Å². The molecule has 1 rings (SSSR count). The largest absolute Gasteiger partial charge is 0.383 e. The highest BCUT2D eigenvalue weighted by molar-refractivity contribution is 7.92. The average molecular weight is 287 g/mol. The van der Waals surface area contributed by atoms with E-state index in [-0.39, 0.29) is 12.3 Å². The number of ether oxygens (including phenoxy) is 1. The van der Waals surface area contributed by atoms with Gasteiger partial charge in [-0.3, -0.25) is 9.52 Å². The lowest BCUT2D eigenvalue weighted by Crippen LogP contribution is -2.39. The summed E-state index contributed by atoms with van der Waals surface area (Å²) in [5.41, 5.74) is 6.20. The Morgan fingerprint density at radius 3 is 2.47 bits per heavy atom. The first kappa shape index (κ1) is 15.4. The summed E-state index contributed by atoms with van der Waals surface area (Å²) in [4.78, 5) is 11.7. The van der Waals surface area contributed by atoms with Gasteiger partial charge in [-0.2, -0.15) is 0 Å². The van der Waals surface area contributed by atoms with Crippen LogP contribution >= 0.6 is 0 Å². The molecule has 106 valence electrons. The molecule has 0 aliphatic carbocycles. The molecule has 0 aromatic heterocycles. The van der Waals surface area contributed by atoms with E-state index < -0.39 is 22.0 Å². The Bertz CT molecular complexity index is 545. The number of nitrogens with two attached hydrogens (primary N) is 1. The molecular formula is C11H17N3O4S. The number of sulfonamides is 1. The number of carbonyl (C=O) groups excluding carboxylic acids is 1. The predicted molar refractivity (Wildman–Crippen MR) is 73.4 cm³/mol. The van der Waals surface area contributed by atoms with Gasteiger partial charge in [0.1, 0.15) is 6.04 Å². The highest BCUT2D eigenvalue weighted by atomic mass is 32.2. The van der Waals surface area contributed by atoms with Gasteiger partial charge in [-0.25, -0.2) is 8.42 Å². The number of hydrogen-bond donors (Lipinski definition) is 3. The van der Waals surface area contributed by atoms with Crippen LogP contribution in [0.4, 0.5) is 11.4 Å². The fraction of sp³-hybridized carbons (Fsp3) is 0.364. The van der Waals surface area contributed by atoms with Gasteiger partial charge in [0.15, 0.2) is 0 Å². The monoisotopic (exact) mass is 287 g/mol. The Morgan fingerprint density at radius 2 is 1.95 bits per heavy atom. The van der Waals surface area contributed by atoms with E-state index in [9.17, 15) is 13.2 Å². The lowest BCUT2D eigenvalue weighted by Gasteiger charge is -2.14. The van der Waals surface area contributed by atoms with Crippen LogP contribution in [0.5, 0.6) is 0 Å². The summed E-state index contributed by atoms with van der Waals surface area (Å²) >= 11 is 0. The van der Waals surface area contributed by atoms with Gasteiger partial charge < -0.3 is 15.8 Å². The third kappa shape index (κ3) is 5.25. The Labute approximate surface area is 112 Å². The molecule has 0 saturated carbocycles. The molecule has 0 spiro atoms. The van der Waals surface area contributed by atoms with E-state index >= 15 is 0 Å². The van der Waals surface area contributed by atoms with Gasteiger partial charge >= 0.3 is 0 Å². The number of hydrogen-bond acceptors (Lipinski definition) is 5. The molecule has 1 amide bonds. The minimum Gasteiger partial charge on any atom is -0.383 e. The van der Waals surface area contributed by atoms with Crippen LogP contribution in [0.1, 0.15) is 0 Å². The van der Waals surface area contributed by atoms with E-state index in [4.69, 9.17) is 10.5 Å². The molecule has 0 radical (unpaired) electrons. The van der Waals surface area contributed by atoms with Gasteiger partial charge in [0.25, 0.3) is 0 Å². The first-order chi connectivity index (χ1) is 8.83. The van der Waals surface area contributed by atoms with Gasteiger partial charge in [0, 0.05) is 7.11 Å². The van der Waals surface area contributed by atoms with E-state index in [2.05, 4.69) is 10.0 Å². The Kier molecular flexibility index (Phi) is 5.28. The zero-order chi connectivity index (χ0) is 14.5. The van der Waals surface area contributed by atoms with Crippen LogP contribution in [-0.4, -0.2) is 40.3 Å². The van der Waals surface area contributed by atoms with Gasteiger partial charge in [-0.05, 0) is 12.1 Å². The smallest absolute Gasteiger partial charge is 0.243 e. The van der Waals surface area contributed by atoms with E-state index in [1.807, 2.05) is 0 Å². The molecule has 1 atom stereocenters. The maximum Gasteiger partial charge on any atom is 0.243 e. The Hall–Kier alpha value is -1.64. The van der Waals surface area contributed by atoms with Crippen molar-refractivity contribution in [2.75, 3.05) is 30.0 Å². The van der Waals surface area contributed by atoms with Crippen molar-refractivity contribution in [3.8, 4) is 0 Å². The maximum atomic E-state index is 11.7. The number of nitrogens with one attached hydrogen (secondary N) is 2. The lowest BCUT2D eigenvalue weighted by atomic mass is 10.2. The fourth-order valence-corrected chi connectivity index (χ4v) is 1.94. The topological polar surface area (TPSA) is 111 Å². The van der Waals surface area contributed by atoms with Crippen LogP contribution in [0.25, 0.3) is 0 Å². The second-order valence-electron chi connectivity index (χ2n) is 3.97. The minimum absolute atomic E-state index is 0.0769. The van der Waals surface area contributed by atoms with Crippen molar-refractivity contribution < 1.29 is 17.9 Å². The third-order valence-corrected chi connectivity index (χ3v) is 2.75. The zero-order valence-corrected chi connectivity index (χ0v) is 11.5. The van der Waals surface area contributed by atoms with Gasteiger partial charge in [0.2, 0.25) is 15.9 Å². The molecule has 0 bridgehead atoms. The standard InChI is InChI=1S/C11H17N3O4S/c1-18-7-8(12)11(15)13-9-5-3-4-6-10(9)14-19(2,16)17/h3-6,8,14H,7,12H2,1-2H3,(H,13,15). The normalized spacial score (nSPS) is 12.8. The Morgan fingerprint density at radius 1 is 1.37 bits per heavy atom. The zero-order valence-electron chi connectivity index (χ0n) is 10.7. The van der Waals surface area contributed by atoms with Crippen molar-refractivity contribution in [1.29, 1.82) is 0 Å².